The van der Waals surface area contributed by atoms with Gasteiger partial charge >= 0.3 is 7.82 Å². The maximum Gasteiger partial charge on any atom is 0.472 e. The predicted octanol–water partition coefficient (Wildman–Crippen LogP) is 20.2. The molecule has 0 fully saturated rings. The van der Waals surface area contributed by atoms with Crippen LogP contribution in [0.5, 0.6) is 0 Å². The normalized spacial score (nSPS) is 13.8. The van der Waals surface area contributed by atoms with Gasteiger partial charge in [-0.15, -0.1) is 0 Å². The van der Waals surface area contributed by atoms with Gasteiger partial charge in [-0.3, -0.25) is 13.8 Å². The summed E-state index contributed by atoms with van der Waals surface area (Å²) in [7, 11) is 1.64. The number of amides is 1. The van der Waals surface area contributed by atoms with Crippen LogP contribution >= 0.6 is 7.82 Å². The van der Waals surface area contributed by atoms with Gasteiger partial charge in [0.1, 0.15) is 13.2 Å². The fraction of sp³-hybridized carbons (Fsp3) is 0.953. The quantitative estimate of drug-likeness (QED) is 0.0243. The molecule has 0 saturated carbocycles. The molecule has 73 heavy (non-hydrogen) atoms. The van der Waals surface area contributed by atoms with Crippen molar-refractivity contribution in [2.45, 2.75) is 353 Å². The van der Waals surface area contributed by atoms with Crippen LogP contribution in [0.25, 0.3) is 0 Å². The Labute approximate surface area is 456 Å². The number of hydrogen-bond acceptors (Lipinski definition) is 5. The van der Waals surface area contributed by atoms with Gasteiger partial charge in [-0.05, 0) is 38.5 Å². The number of carbonyl (C=O) groups is 1. The maximum atomic E-state index is 13.0. The Kier molecular flexibility index (Phi) is 55.4. The van der Waals surface area contributed by atoms with Crippen molar-refractivity contribution in [3.8, 4) is 0 Å². The Morgan fingerprint density at radius 1 is 0.452 bits per heavy atom. The molecule has 3 atom stereocenters. The van der Waals surface area contributed by atoms with Crippen LogP contribution in [0, 0.1) is 0 Å². The Balaban J connectivity index is 3.92. The van der Waals surface area contributed by atoms with E-state index in [9.17, 15) is 19.4 Å². The zero-order chi connectivity index (χ0) is 53.5. The number of nitrogens with one attached hydrogen (secondary N) is 1. The van der Waals surface area contributed by atoms with Crippen LogP contribution in [0.4, 0.5) is 0 Å². The second-order valence-electron chi connectivity index (χ2n) is 23.9. The fourth-order valence-corrected chi connectivity index (χ4v) is 10.9. The van der Waals surface area contributed by atoms with Gasteiger partial charge in [-0.1, -0.05) is 309 Å². The van der Waals surface area contributed by atoms with Crippen molar-refractivity contribution in [3.63, 3.8) is 0 Å². The average molecular weight is 1050 g/mol. The molecule has 0 aliphatic rings. The number of hydrogen-bond donors (Lipinski definition) is 3. The summed E-state index contributed by atoms with van der Waals surface area (Å²) in [4.78, 5) is 23.4. The molecule has 0 heterocycles. The second-order valence-corrected chi connectivity index (χ2v) is 25.3. The molecule has 0 radical (unpaired) electrons. The molecule has 8 nitrogen and oxygen atoms in total. The van der Waals surface area contributed by atoms with Crippen molar-refractivity contribution in [2.24, 2.45) is 0 Å². The van der Waals surface area contributed by atoms with Crippen molar-refractivity contribution < 1.29 is 32.9 Å². The molecule has 0 rings (SSSR count). The first-order valence-electron chi connectivity index (χ1n) is 32.6. The first-order chi connectivity index (χ1) is 35.5. The van der Waals surface area contributed by atoms with Crippen LogP contribution in [0.2, 0.25) is 0 Å². The molecule has 0 aromatic rings. The minimum absolute atomic E-state index is 0.0783. The van der Waals surface area contributed by atoms with Gasteiger partial charge in [-0.2, -0.15) is 0 Å². The molecule has 3 unspecified atom stereocenters. The fourth-order valence-electron chi connectivity index (χ4n) is 10.2. The van der Waals surface area contributed by atoms with Crippen LogP contribution in [0.15, 0.2) is 12.2 Å². The first kappa shape index (κ1) is 72.2. The molecule has 436 valence electrons. The van der Waals surface area contributed by atoms with Gasteiger partial charge in [0.05, 0.1) is 39.9 Å². The zero-order valence-electron chi connectivity index (χ0n) is 49.9. The van der Waals surface area contributed by atoms with Crippen molar-refractivity contribution in [3.05, 3.63) is 12.2 Å². The molecule has 0 aromatic carbocycles. The summed E-state index contributed by atoms with van der Waals surface area (Å²) in [5.41, 5.74) is 0. The van der Waals surface area contributed by atoms with Crippen LogP contribution in [0.1, 0.15) is 341 Å². The van der Waals surface area contributed by atoms with E-state index in [4.69, 9.17) is 9.05 Å². The van der Waals surface area contributed by atoms with E-state index in [2.05, 4.69) is 31.3 Å². The molecular weight excluding hydrogens is 924 g/mol. The van der Waals surface area contributed by atoms with Crippen LogP contribution < -0.4 is 5.32 Å². The molecule has 0 aliphatic heterocycles. The number of allylic oxidation sites excluding steroid dienone is 2. The topological polar surface area (TPSA) is 105 Å². The summed E-state index contributed by atoms with van der Waals surface area (Å²) in [6.07, 6.45) is 70.2. The van der Waals surface area contributed by atoms with Crippen molar-refractivity contribution in [1.82, 2.24) is 5.32 Å². The molecule has 3 N–H and O–H groups in total. The molecule has 0 bridgehead atoms. The molecule has 1 amide bonds. The highest BCUT2D eigenvalue weighted by Gasteiger charge is 2.28. The van der Waals surface area contributed by atoms with Crippen LogP contribution in [-0.4, -0.2) is 73.4 Å². The molecule has 0 aromatic heterocycles. The van der Waals surface area contributed by atoms with E-state index in [1.807, 2.05) is 21.1 Å². The van der Waals surface area contributed by atoms with Gasteiger partial charge in [-0.25, -0.2) is 4.57 Å². The Morgan fingerprint density at radius 3 is 1.05 bits per heavy atom. The number of phosphoric acid groups is 1. The van der Waals surface area contributed by atoms with Gasteiger partial charge in [0.2, 0.25) is 5.91 Å². The van der Waals surface area contributed by atoms with E-state index < -0.39 is 20.0 Å². The lowest BCUT2D eigenvalue weighted by molar-refractivity contribution is -0.870. The van der Waals surface area contributed by atoms with Gasteiger partial charge in [0, 0.05) is 6.42 Å². The Hall–Kier alpha value is -0.760. The Morgan fingerprint density at radius 2 is 0.740 bits per heavy atom. The first-order valence-corrected chi connectivity index (χ1v) is 34.0. The van der Waals surface area contributed by atoms with Gasteiger partial charge in [0.15, 0.2) is 0 Å². The summed E-state index contributed by atoms with van der Waals surface area (Å²) in [5.74, 6) is -0.136. The summed E-state index contributed by atoms with van der Waals surface area (Å²) in [5, 5.41) is 14.1. The summed E-state index contributed by atoms with van der Waals surface area (Å²) < 4.78 is 23.8. The molecule has 0 saturated heterocycles. The molecular formula is C64H130N2O6P+. The van der Waals surface area contributed by atoms with E-state index in [0.29, 0.717) is 23.9 Å². The highest BCUT2D eigenvalue weighted by atomic mass is 31.2. The molecule has 9 heteroatoms. The lowest BCUT2D eigenvalue weighted by atomic mass is 10.0. The monoisotopic (exact) mass is 1050 g/mol. The SMILES string of the molecule is CCCCCCCCCC/C=C\CCCCCCCCCCCCCCCCCCCCCCCCCC(=O)NC(COP(=O)(O)OCC[N+](C)(C)C)C(O)CCCCCCCCCCCCCCCCCC. The number of carbonyl (C=O) groups excluding carboxylic acids is 1. The second kappa shape index (κ2) is 56.0. The Bertz CT molecular complexity index is 1200. The third-order valence-electron chi connectivity index (χ3n) is 15.3. The average Bonchev–Trinajstić information content (AvgIpc) is 3.35. The number of unbranched alkanes of at least 4 members (excludes halogenated alkanes) is 46. The lowest BCUT2D eigenvalue weighted by Crippen LogP contribution is -2.46. The van der Waals surface area contributed by atoms with Gasteiger partial charge < -0.3 is 19.8 Å². The number of likely N-dealkylation sites (N-methyl/N-ethyl adjacent to an activating group) is 1. The number of aliphatic hydroxyl groups is 1. The minimum atomic E-state index is -4.32. The van der Waals surface area contributed by atoms with E-state index in [1.54, 1.807) is 0 Å². The number of quaternary nitrogens is 1. The minimum Gasteiger partial charge on any atom is -0.391 e. The van der Waals surface area contributed by atoms with Crippen molar-refractivity contribution in [2.75, 3.05) is 40.9 Å². The predicted molar refractivity (Wildman–Crippen MR) is 319 cm³/mol. The third-order valence-corrected chi connectivity index (χ3v) is 16.2. The summed E-state index contributed by atoms with van der Waals surface area (Å²) in [6.45, 7) is 4.94. The van der Waals surface area contributed by atoms with Crippen LogP contribution in [0.3, 0.4) is 0 Å². The largest absolute Gasteiger partial charge is 0.472 e. The molecule has 0 spiro atoms. The van der Waals surface area contributed by atoms with Gasteiger partial charge in [0.25, 0.3) is 0 Å². The third kappa shape index (κ3) is 58.8. The highest BCUT2D eigenvalue weighted by Crippen LogP contribution is 2.43. The molecule has 0 aliphatic carbocycles. The number of rotatable bonds is 61. The van der Waals surface area contributed by atoms with Crippen LogP contribution in [-0.2, 0) is 18.4 Å². The summed E-state index contributed by atoms with van der Waals surface area (Å²) in [6, 6.07) is -0.756. The lowest BCUT2D eigenvalue weighted by Gasteiger charge is -2.26. The number of aliphatic hydroxyl groups excluding tert-OH is 1. The van der Waals surface area contributed by atoms with Crippen molar-refractivity contribution >= 4 is 13.7 Å². The maximum absolute atomic E-state index is 13.0. The smallest absolute Gasteiger partial charge is 0.391 e. The van der Waals surface area contributed by atoms with E-state index in [1.165, 1.54) is 276 Å². The zero-order valence-corrected chi connectivity index (χ0v) is 50.8. The standard InChI is InChI=1S/C64H129N2O6P/c1-6-8-10-12-14-16-18-20-22-24-25-26-27-28-29-30-31-32-33-34-35-36-37-38-39-40-41-42-44-46-48-50-52-54-56-58-64(68)65-62(61-72-73(69,70)71-60-59-66(3,4)5)63(67)57-55-53-51-49-47-45-43-23-21-19-17-15-13-11-9-7-2/h24-25,62-63,67H,6-23,26-61H2,1-5H3,(H-,65,68,69,70)/p+1/b25-24-. The highest BCUT2D eigenvalue weighted by molar-refractivity contribution is 7.47. The number of nitrogens with zero attached hydrogens (tertiary/aromatic N) is 1. The summed E-state index contributed by atoms with van der Waals surface area (Å²) >= 11 is 0. The van der Waals surface area contributed by atoms with E-state index >= 15 is 0 Å². The van der Waals surface area contributed by atoms with E-state index in [-0.39, 0.29) is 19.1 Å². The van der Waals surface area contributed by atoms with Crippen molar-refractivity contribution in [1.29, 1.82) is 0 Å². The van der Waals surface area contributed by atoms with E-state index in [0.717, 1.165) is 38.5 Å². The number of phosphoric ester groups is 1.